The standard InChI is InChI=1S/C12H18N2S.ClH/c1-2-11(15-7-1)8-14-6-4-12(10-14)3-5-13-9-12;/h1-2,7,13H,3-6,8-10H2;1H. The van der Waals surface area contributed by atoms with E-state index in [1.54, 1.807) is 0 Å². The zero-order chi connectivity index (χ0) is 10.1. The molecule has 3 heterocycles. The molecule has 90 valence electrons. The van der Waals surface area contributed by atoms with Crippen LogP contribution in [0.25, 0.3) is 0 Å². The molecule has 0 aromatic carbocycles. The summed E-state index contributed by atoms with van der Waals surface area (Å²) in [6, 6.07) is 4.41. The van der Waals surface area contributed by atoms with Gasteiger partial charge in [-0.25, -0.2) is 0 Å². The van der Waals surface area contributed by atoms with Gasteiger partial charge in [-0.1, -0.05) is 6.07 Å². The first-order chi connectivity index (χ1) is 7.36. The highest BCUT2D eigenvalue weighted by Crippen LogP contribution is 2.36. The van der Waals surface area contributed by atoms with Crippen molar-refractivity contribution in [2.75, 3.05) is 26.2 Å². The molecular formula is C12H19ClN2S. The van der Waals surface area contributed by atoms with Crippen molar-refractivity contribution in [2.24, 2.45) is 5.41 Å². The molecule has 4 heteroatoms. The van der Waals surface area contributed by atoms with Gasteiger partial charge < -0.3 is 5.32 Å². The van der Waals surface area contributed by atoms with Crippen molar-refractivity contribution >= 4 is 23.7 Å². The van der Waals surface area contributed by atoms with Crippen molar-refractivity contribution in [1.29, 1.82) is 0 Å². The summed E-state index contributed by atoms with van der Waals surface area (Å²) >= 11 is 1.88. The molecule has 2 saturated heterocycles. The fourth-order valence-corrected chi connectivity index (χ4v) is 3.68. The molecule has 1 unspecified atom stereocenters. The van der Waals surface area contributed by atoms with Crippen molar-refractivity contribution in [3.05, 3.63) is 22.4 Å². The van der Waals surface area contributed by atoms with E-state index in [1.807, 2.05) is 11.3 Å². The fraction of sp³-hybridized carbons (Fsp3) is 0.667. The Morgan fingerprint density at radius 2 is 2.38 bits per heavy atom. The van der Waals surface area contributed by atoms with Crippen LogP contribution >= 0.6 is 23.7 Å². The van der Waals surface area contributed by atoms with Gasteiger partial charge in [0.15, 0.2) is 0 Å². The number of hydrogen-bond donors (Lipinski definition) is 1. The lowest BCUT2D eigenvalue weighted by Crippen LogP contribution is -2.28. The van der Waals surface area contributed by atoms with E-state index in [-0.39, 0.29) is 12.4 Å². The number of likely N-dealkylation sites (tertiary alicyclic amines) is 1. The van der Waals surface area contributed by atoms with Crippen molar-refractivity contribution in [3.63, 3.8) is 0 Å². The molecule has 1 atom stereocenters. The molecule has 1 N–H and O–H groups in total. The number of nitrogens with one attached hydrogen (secondary N) is 1. The molecule has 0 aliphatic carbocycles. The lowest BCUT2D eigenvalue weighted by atomic mass is 9.87. The molecule has 2 aliphatic heterocycles. The zero-order valence-corrected chi connectivity index (χ0v) is 11.1. The molecule has 2 fully saturated rings. The molecular weight excluding hydrogens is 240 g/mol. The minimum Gasteiger partial charge on any atom is -0.316 e. The Balaban J connectivity index is 0.000000963. The Morgan fingerprint density at radius 1 is 1.44 bits per heavy atom. The van der Waals surface area contributed by atoms with E-state index in [4.69, 9.17) is 0 Å². The topological polar surface area (TPSA) is 15.3 Å². The Labute approximate surface area is 107 Å². The molecule has 2 aliphatic rings. The van der Waals surface area contributed by atoms with Crippen LogP contribution < -0.4 is 5.32 Å². The molecule has 0 amide bonds. The zero-order valence-electron chi connectivity index (χ0n) is 9.45. The van der Waals surface area contributed by atoms with Crippen molar-refractivity contribution < 1.29 is 0 Å². The van der Waals surface area contributed by atoms with Crippen LogP contribution in [0.4, 0.5) is 0 Å². The van der Waals surface area contributed by atoms with E-state index in [0.29, 0.717) is 5.41 Å². The highest BCUT2D eigenvalue weighted by molar-refractivity contribution is 7.09. The Morgan fingerprint density at radius 3 is 3.06 bits per heavy atom. The van der Waals surface area contributed by atoms with Gasteiger partial charge in [0.2, 0.25) is 0 Å². The molecule has 3 rings (SSSR count). The summed E-state index contributed by atoms with van der Waals surface area (Å²) in [4.78, 5) is 4.14. The van der Waals surface area contributed by atoms with Crippen LogP contribution in [0.15, 0.2) is 17.5 Å². The maximum absolute atomic E-state index is 3.51. The largest absolute Gasteiger partial charge is 0.316 e. The summed E-state index contributed by atoms with van der Waals surface area (Å²) in [6.45, 7) is 6.23. The van der Waals surface area contributed by atoms with Gasteiger partial charge in [0.25, 0.3) is 0 Å². The van der Waals surface area contributed by atoms with Gasteiger partial charge in [-0.2, -0.15) is 0 Å². The molecule has 0 bridgehead atoms. The quantitative estimate of drug-likeness (QED) is 0.876. The van der Waals surface area contributed by atoms with Gasteiger partial charge in [0, 0.05) is 24.5 Å². The third-order valence-electron chi connectivity index (χ3n) is 3.81. The van der Waals surface area contributed by atoms with Gasteiger partial charge >= 0.3 is 0 Å². The second kappa shape index (κ2) is 5.05. The first-order valence-corrected chi connectivity index (χ1v) is 6.70. The summed E-state index contributed by atoms with van der Waals surface area (Å²) in [5.74, 6) is 0. The minimum atomic E-state index is 0. The summed E-state index contributed by atoms with van der Waals surface area (Å²) < 4.78 is 0. The highest BCUT2D eigenvalue weighted by atomic mass is 35.5. The maximum atomic E-state index is 3.51. The number of thiophene rings is 1. The monoisotopic (exact) mass is 258 g/mol. The van der Waals surface area contributed by atoms with Crippen LogP contribution in [0.2, 0.25) is 0 Å². The molecule has 1 spiro atoms. The maximum Gasteiger partial charge on any atom is 0.0328 e. The average molecular weight is 259 g/mol. The van der Waals surface area contributed by atoms with E-state index in [9.17, 15) is 0 Å². The number of nitrogens with zero attached hydrogens (tertiary/aromatic N) is 1. The minimum absolute atomic E-state index is 0. The smallest absolute Gasteiger partial charge is 0.0328 e. The first kappa shape index (κ1) is 12.4. The van der Waals surface area contributed by atoms with Gasteiger partial charge in [-0.05, 0) is 42.8 Å². The second-order valence-electron chi connectivity index (χ2n) is 4.97. The van der Waals surface area contributed by atoms with Crippen LogP contribution in [0.1, 0.15) is 17.7 Å². The van der Waals surface area contributed by atoms with Crippen molar-refractivity contribution in [1.82, 2.24) is 10.2 Å². The van der Waals surface area contributed by atoms with Crippen LogP contribution in [0, 0.1) is 5.41 Å². The number of halogens is 1. The van der Waals surface area contributed by atoms with Gasteiger partial charge in [0.05, 0.1) is 0 Å². The summed E-state index contributed by atoms with van der Waals surface area (Å²) in [7, 11) is 0. The SMILES string of the molecule is Cl.c1csc(CN2CCC3(CCNC3)C2)c1. The molecule has 0 radical (unpaired) electrons. The predicted molar refractivity (Wildman–Crippen MR) is 71.4 cm³/mol. The van der Waals surface area contributed by atoms with Crippen LogP contribution in [0.5, 0.6) is 0 Å². The Bertz CT molecular complexity index is 320. The lowest BCUT2D eigenvalue weighted by Gasteiger charge is -2.22. The second-order valence-corrected chi connectivity index (χ2v) is 6.00. The van der Waals surface area contributed by atoms with E-state index in [2.05, 4.69) is 27.7 Å². The molecule has 1 aromatic rings. The van der Waals surface area contributed by atoms with Gasteiger partial charge in [-0.3, -0.25) is 4.90 Å². The Kier molecular flexibility index (Phi) is 3.90. The number of hydrogen-bond acceptors (Lipinski definition) is 3. The van der Waals surface area contributed by atoms with Gasteiger partial charge in [-0.15, -0.1) is 23.7 Å². The summed E-state index contributed by atoms with van der Waals surface area (Å²) in [5.41, 5.74) is 0.622. The van der Waals surface area contributed by atoms with E-state index in [0.717, 1.165) is 0 Å². The summed E-state index contributed by atoms with van der Waals surface area (Å²) in [5, 5.41) is 5.69. The van der Waals surface area contributed by atoms with E-state index in [1.165, 1.54) is 50.4 Å². The van der Waals surface area contributed by atoms with E-state index < -0.39 is 0 Å². The molecule has 2 nitrogen and oxygen atoms in total. The van der Waals surface area contributed by atoms with Gasteiger partial charge in [0.1, 0.15) is 0 Å². The van der Waals surface area contributed by atoms with Crippen molar-refractivity contribution in [3.8, 4) is 0 Å². The third-order valence-corrected chi connectivity index (χ3v) is 4.67. The summed E-state index contributed by atoms with van der Waals surface area (Å²) in [6.07, 6.45) is 2.78. The Hall–Kier alpha value is -0.0900. The number of rotatable bonds is 2. The normalized spacial score (nSPS) is 29.8. The van der Waals surface area contributed by atoms with Crippen LogP contribution in [-0.4, -0.2) is 31.1 Å². The highest BCUT2D eigenvalue weighted by Gasteiger charge is 2.39. The fourth-order valence-electron chi connectivity index (χ4n) is 2.93. The third kappa shape index (κ3) is 2.43. The van der Waals surface area contributed by atoms with Crippen molar-refractivity contribution in [2.45, 2.75) is 19.4 Å². The molecule has 16 heavy (non-hydrogen) atoms. The van der Waals surface area contributed by atoms with Crippen LogP contribution in [0.3, 0.4) is 0 Å². The first-order valence-electron chi connectivity index (χ1n) is 5.82. The lowest BCUT2D eigenvalue weighted by molar-refractivity contribution is 0.270. The molecule has 0 saturated carbocycles. The predicted octanol–water partition coefficient (Wildman–Crippen LogP) is 2.36. The molecule has 1 aromatic heterocycles. The van der Waals surface area contributed by atoms with E-state index >= 15 is 0 Å². The average Bonchev–Trinajstić information content (AvgIpc) is 2.92. The van der Waals surface area contributed by atoms with Crippen LogP contribution in [-0.2, 0) is 6.54 Å².